The van der Waals surface area contributed by atoms with Crippen LogP contribution >= 0.6 is 24.0 Å². The summed E-state index contributed by atoms with van der Waals surface area (Å²) < 4.78 is 5.06. The third-order valence-electron chi connectivity index (χ3n) is 4.62. The number of hydrogen-bond donors (Lipinski definition) is 3. The summed E-state index contributed by atoms with van der Waals surface area (Å²) in [5, 5.41) is 13.1. The number of rotatable bonds is 7. The first-order chi connectivity index (χ1) is 16.1. The summed E-state index contributed by atoms with van der Waals surface area (Å²) in [4.78, 5) is 14.0. The first kappa shape index (κ1) is 22.6. The van der Waals surface area contributed by atoms with E-state index in [1.54, 1.807) is 13.0 Å². The van der Waals surface area contributed by atoms with E-state index in [1.807, 2.05) is 84.9 Å². The van der Waals surface area contributed by atoms with E-state index in [-0.39, 0.29) is 5.91 Å². The Balaban J connectivity index is 1.43. The summed E-state index contributed by atoms with van der Waals surface area (Å²) >= 11 is 6.85. The lowest BCUT2D eigenvalue weighted by Crippen LogP contribution is -2.19. The van der Waals surface area contributed by atoms with Gasteiger partial charge in [-0.1, -0.05) is 53.7 Å². The minimum atomic E-state index is -0.456. The number of amides is 1. The molecule has 1 aromatic heterocycles. The second-order valence-corrected chi connectivity index (χ2v) is 8.78. The van der Waals surface area contributed by atoms with Crippen LogP contribution in [-0.2, 0) is 4.79 Å². The number of para-hydroxylation sites is 1. The van der Waals surface area contributed by atoms with Gasteiger partial charge in [-0.3, -0.25) is 4.79 Å². The van der Waals surface area contributed by atoms with Gasteiger partial charge < -0.3 is 20.5 Å². The Morgan fingerprint density at radius 3 is 2.09 bits per heavy atom. The summed E-state index contributed by atoms with van der Waals surface area (Å²) in [6, 6.07) is 28.9. The highest BCUT2D eigenvalue weighted by atomic mass is 32.2. The Hall–Kier alpha value is -3.62. The van der Waals surface area contributed by atoms with Crippen LogP contribution in [0.2, 0.25) is 0 Å². The third-order valence-corrected chi connectivity index (χ3v) is 6.09. The molecule has 1 atom stereocenters. The van der Waals surface area contributed by atoms with Crippen molar-refractivity contribution in [3.8, 4) is 0 Å². The van der Waals surface area contributed by atoms with E-state index in [0.29, 0.717) is 16.7 Å². The van der Waals surface area contributed by atoms with Crippen LogP contribution < -0.4 is 16.0 Å². The number of hydrogen-bond acceptors (Lipinski definition) is 5. The van der Waals surface area contributed by atoms with E-state index in [4.69, 9.17) is 16.7 Å². The van der Waals surface area contributed by atoms with Gasteiger partial charge in [0, 0.05) is 22.3 Å². The number of carbonyl (C=O) groups is 1. The normalized spacial score (nSPS) is 11.4. The molecule has 0 aliphatic heterocycles. The maximum Gasteiger partial charge on any atom is 0.243 e. The first-order valence-corrected chi connectivity index (χ1v) is 11.5. The van der Waals surface area contributed by atoms with Crippen molar-refractivity contribution in [2.24, 2.45) is 0 Å². The van der Waals surface area contributed by atoms with E-state index >= 15 is 0 Å². The Morgan fingerprint density at radius 2 is 1.48 bits per heavy atom. The van der Waals surface area contributed by atoms with Crippen molar-refractivity contribution in [1.82, 2.24) is 5.16 Å². The summed E-state index contributed by atoms with van der Waals surface area (Å²) in [7, 11) is 0. The van der Waals surface area contributed by atoms with Crippen molar-refractivity contribution in [3.05, 3.63) is 102 Å². The number of thiocarbonyl (C=S) groups is 1. The third kappa shape index (κ3) is 6.44. The molecule has 0 saturated heterocycles. The van der Waals surface area contributed by atoms with Gasteiger partial charge in [0.25, 0.3) is 0 Å². The number of aromatic nitrogens is 1. The highest BCUT2D eigenvalue weighted by Gasteiger charge is 2.23. The van der Waals surface area contributed by atoms with Crippen LogP contribution in [0.5, 0.6) is 0 Å². The Labute approximate surface area is 201 Å². The van der Waals surface area contributed by atoms with Crippen molar-refractivity contribution >= 4 is 52.2 Å². The van der Waals surface area contributed by atoms with Crippen molar-refractivity contribution < 1.29 is 9.32 Å². The number of benzene rings is 3. The van der Waals surface area contributed by atoms with Crippen molar-refractivity contribution in [3.63, 3.8) is 0 Å². The van der Waals surface area contributed by atoms with Crippen LogP contribution in [0.15, 0.2) is 100 Å². The average molecular weight is 475 g/mol. The number of carbonyl (C=O) groups excluding carboxylic acids is 1. The minimum absolute atomic E-state index is 0.171. The largest absolute Gasteiger partial charge is 0.360 e. The summed E-state index contributed by atoms with van der Waals surface area (Å²) in [5.41, 5.74) is 2.67. The molecule has 0 fully saturated rings. The molecule has 0 radical (unpaired) electrons. The molecule has 1 amide bonds. The van der Waals surface area contributed by atoms with Crippen LogP contribution in [-0.4, -0.2) is 16.2 Å². The van der Waals surface area contributed by atoms with Gasteiger partial charge in [0.15, 0.2) is 10.9 Å². The van der Waals surface area contributed by atoms with Gasteiger partial charge in [-0.15, -0.1) is 11.8 Å². The van der Waals surface area contributed by atoms with Gasteiger partial charge in [0.05, 0.1) is 0 Å². The molecule has 0 aliphatic carbocycles. The molecule has 6 nitrogen and oxygen atoms in total. The number of nitrogens with zero attached hydrogens (tertiary/aromatic N) is 1. The topological polar surface area (TPSA) is 79.2 Å². The Bertz CT molecular complexity index is 1210. The number of anilines is 3. The molecule has 166 valence electrons. The fourth-order valence-corrected chi connectivity index (χ4v) is 4.35. The highest BCUT2D eigenvalue weighted by molar-refractivity contribution is 8.00. The fourth-order valence-electron chi connectivity index (χ4n) is 3.09. The molecule has 1 heterocycles. The van der Waals surface area contributed by atoms with Gasteiger partial charge in [-0.2, -0.15) is 0 Å². The van der Waals surface area contributed by atoms with Crippen molar-refractivity contribution in [2.45, 2.75) is 17.1 Å². The van der Waals surface area contributed by atoms with E-state index in [9.17, 15) is 4.79 Å². The molecule has 0 bridgehead atoms. The van der Waals surface area contributed by atoms with Crippen LogP contribution in [0.3, 0.4) is 0 Å². The molecule has 0 spiro atoms. The molecule has 4 aromatic rings. The molecule has 0 aliphatic rings. The minimum Gasteiger partial charge on any atom is -0.360 e. The smallest absolute Gasteiger partial charge is 0.243 e. The second kappa shape index (κ2) is 10.8. The second-order valence-electron chi connectivity index (χ2n) is 7.19. The molecule has 0 saturated carbocycles. The highest BCUT2D eigenvalue weighted by Crippen LogP contribution is 2.36. The van der Waals surface area contributed by atoms with Crippen LogP contribution in [0.4, 0.5) is 17.2 Å². The molecule has 33 heavy (non-hydrogen) atoms. The lowest BCUT2D eigenvalue weighted by atomic mass is 10.1. The lowest BCUT2D eigenvalue weighted by Gasteiger charge is -2.16. The van der Waals surface area contributed by atoms with E-state index in [1.165, 1.54) is 11.8 Å². The van der Waals surface area contributed by atoms with Crippen molar-refractivity contribution in [1.29, 1.82) is 0 Å². The maximum absolute atomic E-state index is 13.1. The monoisotopic (exact) mass is 474 g/mol. The average Bonchev–Trinajstić information content (AvgIpc) is 3.24. The molecule has 4 rings (SSSR count). The van der Waals surface area contributed by atoms with Crippen LogP contribution in [0.25, 0.3) is 0 Å². The van der Waals surface area contributed by atoms with Crippen LogP contribution in [0, 0.1) is 6.92 Å². The van der Waals surface area contributed by atoms with Gasteiger partial charge in [-0.25, -0.2) is 0 Å². The maximum atomic E-state index is 13.1. The molecule has 3 N–H and O–H groups in total. The van der Waals surface area contributed by atoms with Gasteiger partial charge in [0.2, 0.25) is 5.91 Å². The van der Waals surface area contributed by atoms with E-state index in [2.05, 4.69) is 21.1 Å². The SMILES string of the molecule is Cc1cc(NC(=O)[C@@H](Sc2ccc(NC(=S)Nc3ccccc3)cc2)c2ccccc2)no1. The number of aryl methyl sites for hydroxylation is 1. The summed E-state index contributed by atoms with van der Waals surface area (Å²) in [5.74, 6) is 0.866. The lowest BCUT2D eigenvalue weighted by molar-refractivity contribution is -0.115. The summed E-state index contributed by atoms with van der Waals surface area (Å²) in [6.07, 6.45) is 0. The molecular weight excluding hydrogens is 452 g/mol. The van der Waals surface area contributed by atoms with Gasteiger partial charge in [-0.05, 0) is 61.1 Å². The fraction of sp³-hybridized carbons (Fsp3) is 0.0800. The molecule has 8 heteroatoms. The van der Waals surface area contributed by atoms with Gasteiger partial charge in [0.1, 0.15) is 11.0 Å². The predicted octanol–water partition coefficient (Wildman–Crippen LogP) is 6.26. The zero-order chi connectivity index (χ0) is 23.0. The van der Waals surface area contributed by atoms with E-state index in [0.717, 1.165) is 21.8 Å². The molecule has 0 unspecified atom stereocenters. The summed E-state index contributed by atoms with van der Waals surface area (Å²) in [6.45, 7) is 1.78. The standard InChI is InChI=1S/C25H22N4O2S2/c1-17-16-22(29-31-17)28-24(30)23(18-8-4-2-5-9-18)33-21-14-12-20(13-15-21)27-25(32)26-19-10-6-3-7-11-19/h2-16,23H,1H3,(H2,26,27,32)(H,28,29,30)/t23-/m0/s1. The van der Waals surface area contributed by atoms with Gasteiger partial charge >= 0.3 is 0 Å². The molecular formula is C25H22N4O2S2. The number of thioether (sulfide) groups is 1. The Kier molecular flexibility index (Phi) is 7.39. The van der Waals surface area contributed by atoms with Crippen LogP contribution in [0.1, 0.15) is 16.6 Å². The van der Waals surface area contributed by atoms with Crippen molar-refractivity contribution in [2.75, 3.05) is 16.0 Å². The number of nitrogens with one attached hydrogen (secondary N) is 3. The predicted molar refractivity (Wildman–Crippen MR) is 138 cm³/mol. The quantitative estimate of drug-likeness (QED) is 0.215. The first-order valence-electron chi connectivity index (χ1n) is 10.3. The van der Waals surface area contributed by atoms with E-state index < -0.39 is 5.25 Å². The zero-order valence-corrected chi connectivity index (χ0v) is 19.5. The zero-order valence-electron chi connectivity index (χ0n) is 17.8. The molecule has 3 aromatic carbocycles. The Morgan fingerprint density at radius 1 is 0.879 bits per heavy atom.